The third kappa shape index (κ3) is 3.52. The van der Waals surface area contributed by atoms with Crippen LogP contribution in [0, 0.1) is 0 Å². The molecule has 2 heterocycles. The van der Waals surface area contributed by atoms with Crippen molar-refractivity contribution in [2.24, 2.45) is 5.16 Å². The summed E-state index contributed by atoms with van der Waals surface area (Å²) in [4.78, 5) is 26.1. The van der Waals surface area contributed by atoms with Gasteiger partial charge >= 0.3 is 0 Å². The van der Waals surface area contributed by atoms with E-state index in [1.54, 1.807) is 12.4 Å². The first-order valence-electron chi connectivity index (χ1n) is 6.54. The maximum Gasteiger partial charge on any atom is 0.250 e. The fourth-order valence-electron chi connectivity index (χ4n) is 1.80. The lowest BCUT2D eigenvalue weighted by atomic mass is 10.3. The van der Waals surface area contributed by atoms with Crippen molar-refractivity contribution in [1.82, 2.24) is 9.97 Å². The predicted octanol–water partition coefficient (Wildman–Crippen LogP) is 3.46. The summed E-state index contributed by atoms with van der Waals surface area (Å²) in [5, 5.41) is 8.99. The summed E-state index contributed by atoms with van der Waals surface area (Å²) in [5.74, 6) is 0. The molecule has 0 saturated heterocycles. The van der Waals surface area contributed by atoms with E-state index in [9.17, 15) is 4.79 Å². The number of benzene rings is 1. The molecular weight excluding hydrogens is 352 g/mol. The van der Waals surface area contributed by atoms with E-state index in [2.05, 4.69) is 20.4 Å². The molecule has 0 radical (unpaired) electrons. The van der Waals surface area contributed by atoms with Gasteiger partial charge in [0, 0.05) is 12.4 Å². The minimum absolute atomic E-state index is 0.175. The number of thioether (sulfide) groups is 1. The summed E-state index contributed by atoms with van der Waals surface area (Å²) in [7, 11) is 3.18. The molecule has 3 rings (SSSR count). The summed E-state index contributed by atoms with van der Waals surface area (Å²) >= 11 is 3.90. The Kier molecular flexibility index (Phi) is 4.89. The topological polar surface area (TPSA) is 76.5 Å². The first kappa shape index (κ1) is 15.9. The molecule has 0 bridgehead atoms. The highest BCUT2D eigenvalue weighted by Gasteiger charge is 2.21. The minimum Gasteiger partial charge on any atom is -0.398 e. The fourth-order valence-corrected chi connectivity index (χ4v) is 4.36. The van der Waals surface area contributed by atoms with E-state index >= 15 is 0 Å². The van der Waals surface area contributed by atoms with Crippen molar-refractivity contribution in [2.75, 3.05) is 19.5 Å². The van der Waals surface area contributed by atoms with Crippen molar-refractivity contribution in [3.05, 3.63) is 35.3 Å². The number of oxime groups is 1. The standard InChI is InChI=1S/C14H12N4O2S3/c1-15-13-16-9(7-21-13)11(18-20-2)12(19)23-14-17-8-5-3-4-6-10(8)22-14/h3-7H,1-2H3,(H,15,16). The van der Waals surface area contributed by atoms with Crippen molar-refractivity contribution in [2.45, 2.75) is 4.34 Å². The Morgan fingerprint density at radius 2 is 2.17 bits per heavy atom. The van der Waals surface area contributed by atoms with Gasteiger partial charge in [0.25, 0.3) is 0 Å². The smallest absolute Gasteiger partial charge is 0.250 e. The molecule has 2 aromatic heterocycles. The van der Waals surface area contributed by atoms with Crippen LogP contribution >= 0.6 is 34.4 Å². The van der Waals surface area contributed by atoms with E-state index in [1.165, 1.54) is 29.8 Å². The van der Waals surface area contributed by atoms with Crippen LogP contribution in [0.15, 0.2) is 39.1 Å². The molecule has 0 saturated carbocycles. The zero-order valence-electron chi connectivity index (χ0n) is 12.3. The lowest BCUT2D eigenvalue weighted by molar-refractivity contribution is -0.105. The molecule has 118 valence electrons. The zero-order valence-corrected chi connectivity index (χ0v) is 14.7. The fraction of sp³-hybridized carbons (Fsp3) is 0.143. The van der Waals surface area contributed by atoms with Crippen LogP contribution in [0.1, 0.15) is 5.69 Å². The molecule has 1 N–H and O–H groups in total. The number of anilines is 1. The largest absolute Gasteiger partial charge is 0.398 e. The van der Waals surface area contributed by atoms with Crippen LogP contribution in [0.3, 0.4) is 0 Å². The summed E-state index contributed by atoms with van der Waals surface area (Å²) in [5.41, 5.74) is 1.54. The number of hydrogen-bond acceptors (Lipinski definition) is 9. The molecule has 0 fully saturated rings. The molecule has 1 aromatic carbocycles. The lowest BCUT2D eigenvalue weighted by Crippen LogP contribution is -2.13. The van der Waals surface area contributed by atoms with Gasteiger partial charge in [0.2, 0.25) is 5.12 Å². The number of carbonyl (C=O) groups is 1. The third-order valence-electron chi connectivity index (χ3n) is 2.79. The van der Waals surface area contributed by atoms with Gasteiger partial charge in [-0.05, 0) is 23.9 Å². The highest BCUT2D eigenvalue weighted by molar-refractivity contribution is 8.16. The maximum absolute atomic E-state index is 12.5. The SMILES string of the molecule is CNc1nc(C(=NOC)C(=O)Sc2nc3ccccc3s2)cs1. The van der Waals surface area contributed by atoms with Crippen LogP contribution in [0.2, 0.25) is 0 Å². The quantitative estimate of drug-likeness (QED) is 0.424. The van der Waals surface area contributed by atoms with Crippen LogP contribution in [-0.2, 0) is 9.63 Å². The van der Waals surface area contributed by atoms with Crippen molar-refractivity contribution < 1.29 is 9.63 Å². The lowest BCUT2D eigenvalue weighted by Gasteiger charge is -1.99. The summed E-state index contributed by atoms with van der Waals surface area (Å²) in [6, 6.07) is 7.77. The first-order valence-corrected chi connectivity index (χ1v) is 9.05. The average Bonchev–Trinajstić information content (AvgIpc) is 3.18. The Bertz CT molecular complexity index is 839. The van der Waals surface area contributed by atoms with Gasteiger partial charge in [-0.3, -0.25) is 4.79 Å². The second kappa shape index (κ2) is 7.07. The van der Waals surface area contributed by atoms with Gasteiger partial charge in [-0.25, -0.2) is 9.97 Å². The molecule has 3 aromatic rings. The molecule has 0 aliphatic heterocycles. The highest BCUT2D eigenvalue weighted by Crippen LogP contribution is 2.30. The van der Waals surface area contributed by atoms with Gasteiger partial charge in [0.05, 0.1) is 10.2 Å². The van der Waals surface area contributed by atoms with E-state index in [-0.39, 0.29) is 10.8 Å². The number of fused-ring (bicyclic) bond motifs is 1. The highest BCUT2D eigenvalue weighted by atomic mass is 32.2. The van der Waals surface area contributed by atoms with Crippen LogP contribution < -0.4 is 5.32 Å². The maximum atomic E-state index is 12.5. The van der Waals surface area contributed by atoms with Crippen molar-refractivity contribution in [1.29, 1.82) is 0 Å². The number of thiazole rings is 2. The minimum atomic E-state index is -0.251. The van der Waals surface area contributed by atoms with E-state index < -0.39 is 0 Å². The number of rotatable bonds is 5. The van der Waals surface area contributed by atoms with Crippen LogP contribution in [0.4, 0.5) is 5.13 Å². The van der Waals surface area contributed by atoms with Gasteiger partial charge in [-0.15, -0.1) is 22.7 Å². The number of para-hydroxylation sites is 1. The molecule has 9 heteroatoms. The molecule has 6 nitrogen and oxygen atoms in total. The Morgan fingerprint density at radius 1 is 1.35 bits per heavy atom. The number of aromatic nitrogens is 2. The number of nitrogens with zero attached hydrogens (tertiary/aromatic N) is 3. The third-order valence-corrected chi connectivity index (χ3v) is 5.63. The molecular formula is C14H12N4O2S3. The Balaban J connectivity index is 1.85. The summed E-state index contributed by atoms with van der Waals surface area (Å²) in [6.07, 6.45) is 0. The molecule has 0 amide bonds. The number of carbonyl (C=O) groups excluding carboxylic acids is 1. The molecule has 0 aliphatic carbocycles. The summed E-state index contributed by atoms with van der Waals surface area (Å²) < 4.78 is 1.71. The van der Waals surface area contributed by atoms with Crippen molar-refractivity contribution >= 4 is 60.6 Å². The molecule has 0 spiro atoms. The molecule has 0 atom stereocenters. The monoisotopic (exact) mass is 364 g/mol. The predicted molar refractivity (Wildman–Crippen MR) is 95.7 cm³/mol. The van der Waals surface area contributed by atoms with Gasteiger partial charge in [-0.1, -0.05) is 17.3 Å². The molecule has 23 heavy (non-hydrogen) atoms. The number of hydrogen-bond donors (Lipinski definition) is 1. The van der Waals surface area contributed by atoms with Crippen molar-refractivity contribution in [3.63, 3.8) is 0 Å². The van der Waals surface area contributed by atoms with E-state index in [4.69, 9.17) is 4.84 Å². The van der Waals surface area contributed by atoms with Crippen LogP contribution in [0.5, 0.6) is 0 Å². The Morgan fingerprint density at radius 3 is 2.87 bits per heavy atom. The second-order valence-electron chi connectivity index (χ2n) is 4.25. The van der Waals surface area contributed by atoms with E-state index in [0.717, 1.165) is 22.0 Å². The van der Waals surface area contributed by atoms with Crippen LogP contribution in [0.25, 0.3) is 10.2 Å². The first-order chi connectivity index (χ1) is 11.2. The second-order valence-corrected chi connectivity index (χ2v) is 7.36. The molecule has 0 aliphatic rings. The van der Waals surface area contributed by atoms with Gasteiger partial charge < -0.3 is 10.2 Å². The normalized spacial score (nSPS) is 11.7. The Hall–Kier alpha value is -1.97. The van der Waals surface area contributed by atoms with Gasteiger partial charge in [-0.2, -0.15) is 0 Å². The van der Waals surface area contributed by atoms with Gasteiger partial charge in [0.1, 0.15) is 12.8 Å². The van der Waals surface area contributed by atoms with Crippen molar-refractivity contribution in [3.8, 4) is 0 Å². The van der Waals surface area contributed by atoms with E-state index in [1.807, 2.05) is 24.3 Å². The Labute approximate surface area is 144 Å². The average molecular weight is 364 g/mol. The molecule has 0 unspecified atom stereocenters. The van der Waals surface area contributed by atoms with E-state index in [0.29, 0.717) is 15.2 Å². The van der Waals surface area contributed by atoms with Gasteiger partial charge in [0.15, 0.2) is 15.2 Å². The van der Waals surface area contributed by atoms with Crippen LogP contribution in [-0.4, -0.2) is 35.0 Å². The number of nitrogens with one attached hydrogen (secondary N) is 1. The summed E-state index contributed by atoms with van der Waals surface area (Å²) in [6.45, 7) is 0. The zero-order chi connectivity index (χ0) is 16.2.